The summed E-state index contributed by atoms with van der Waals surface area (Å²) >= 11 is 0. The van der Waals surface area contributed by atoms with Crippen molar-refractivity contribution >= 4 is 12.2 Å². The van der Waals surface area contributed by atoms with Gasteiger partial charge in [0, 0.05) is 30.8 Å². The van der Waals surface area contributed by atoms with Crippen LogP contribution < -0.4 is 10.9 Å². The number of rotatable bonds is 2. The number of hydrogen-bond acceptors (Lipinski definition) is 2. The molecule has 1 aromatic carbocycles. The smallest absolute Gasteiger partial charge is 0.251 e. The van der Waals surface area contributed by atoms with Gasteiger partial charge < -0.3 is 9.88 Å². The second-order valence-corrected chi connectivity index (χ2v) is 6.36. The van der Waals surface area contributed by atoms with Gasteiger partial charge in [-0.1, -0.05) is 42.5 Å². The molecule has 0 radical (unpaired) electrons. The van der Waals surface area contributed by atoms with Crippen molar-refractivity contribution in [3.05, 3.63) is 69.6 Å². The number of pyridine rings is 1. The van der Waals surface area contributed by atoms with Crippen LogP contribution in [-0.2, 0) is 6.54 Å². The Hall–Kier alpha value is -2.13. The number of fused-ring (bicyclic) bond motifs is 4. The van der Waals surface area contributed by atoms with Gasteiger partial charge in [0.2, 0.25) is 0 Å². The average molecular weight is 292 g/mol. The number of nitrogens with zero attached hydrogens (tertiary/aromatic N) is 1. The SMILES string of the molecule is O=c1cc(/C=C/c2ccccc2)cc2n1CC1CNC[C@@H]2C1. The number of hydrogen-bond donors (Lipinski definition) is 1. The van der Waals surface area contributed by atoms with Gasteiger partial charge in [-0.05, 0) is 36.1 Å². The summed E-state index contributed by atoms with van der Waals surface area (Å²) in [6.45, 7) is 2.89. The van der Waals surface area contributed by atoms with E-state index in [0.717, 1.165) is 30.8 Å². The number of nitrogens with one attached hydrogen (secondary N) is 1. The fourth-order valence-electron chi connectivity index (χ4n) is 3.68. The van der Waals surface area contributed by atoms with Crippen LogP contribution in [0.3, 0.4) is 0 Å². The highest BCUT2D eigenvalue weighted by Gasteiger charge is 2.30. The van der Waals surface area contributed by atoms with E-state index in [2.05, 4.69) is 29.6 Å². The molecule has 1 unspecified atom stereocenters. The van der Waals surface area contributed by atoms with Gasteiger partial charge in [-0.25, -0.2) is 0 Å². The van der Waals surface area contributed by atoms with E-state index < -0.39 is 0 Å². The number of aromatic nitrogens is 1. The molecular weight excluding hydrogens is 272 g/mol. The Morgan fingerprint density at radius 3 is 2.73 bits per heavy atom. The van der Waals surface area contributed by atoms with Crippen LogP contribution >= 0.6 is 0 Å². The fraction of sp³-hybridized carbons (Fsp3) is 0.316. The van der Waals surface area contributed by atoms with Crippen LogP contribution in [0.2, 0.25) is 0 Å². The van der Waals surface area contributed by atoms with E-state index in [1.807, 2.05) is 28.8 Å². The summed E-state index contributed by atoms with van der Waals surface area (Å²) in [5.41, 5.74) is 3.49. The van der Waals surface area contributed by atoms with Gasteiger partial charge in [0.05, 0.1) is 0 Å². The zero-order chi connectivity index (χ0) is 14.9. The summed E-state index contributed by atoms with van der Waals surface area (Å²) in [4.78, 5) is 12.4. The molecule has 0 aliphatic carbocycles. The van der Waals surface area contributed by atoms with E-state index in [1.54, 1.807) is 6.07 Å². The molecule has 1 saturated heterocycles. The normalized spacial score (nSPS) is 23.5. The maximum absolute atomic E-state index is 12.4. The molecule has 1 N–H and O–H groups in total. The maximum Gasteiger partial charge on any atom is 0.251 e. The minimum Gasteiger partial charge on any atom is -0.316 e. The Bertz CT molecular complexity index is 761. The zero-order valence-electron chi connectivity index (χ0n) is 12.5. The standard InChI is InChI=1S/C19H20N2O/c22-19-10-15(7-6-14-4-2-1-3-5-14)9-18-17-8-16(11-20-12-17)13-21(18)19/h1-7,9-10,16-17,20H,8,11-13H2/b7-6+/t16?,17-/m0/s1. The molecule has 2 aliphatic heterocycles. The Labute approximate surface area is 130 Å². The monoisotopic (exact) mass is 292 g/mol. The average Bonchev–Trinajstić information content (AvgIpc) is 2.55. The molecule has 0 saturated carbocycles. The van der Waals surface area contributed by atoms with Crippen LogP contribution in [0.25, 0.3) is 12.2 Å². The lowest BCUT2D eigenvalue weighted by atomic mass is 9.84. The minimum atomic E-state index is 0.141. The lowest BCUT2D eigenvalue weighted by molar-refractivity contribution is 0.257. The predicted octanol–water partition coefficient (Wildman–Crippen LogP) is 2.73. The van der Waals surface area contributed by atoms with Crippen molar-refractivity contribution in [3.63, 3.8) is 0 Å². The molecule has 112 valence electrons. The number of benzene rings is 1. The summed E-state index contributed by atoms with van der Waals surface area (Å²) in [5, 5.41) is 3.49. The first-order valence-corrected chi connectivity index (χ1v) is 7.98. The summed E-state index contributed by atoms with van der Waals surface area (Å²) in [7, 11) is 0. The first kappa shape index (κ1) is 13.5. The molecule has 2 aliphatic rings. The van der Waals surface area contributed by atoms with Gasteiger partial charge in [-0.15, -0.1) is 0 Å². The van der Waals surface area contributed by atoms with E-state index in [0.29, 0.717) is 11.8 Å². The molecule has 4 rings (SSSR count). The van der Waals surface area contributed by atoms with E-state index in [-0.39, 0.29) is 5.56 Å². The molecule has 22 heavy (non-hydrogen) atoms. The molecule has 2 atom stereocenters. The van der Waals surface area contributed by atoms with Crippen molar-refractivity contribution in [3.8, 4) is 0 Å². The van der Waals surface area contributed by atoms with Gasteiger partial charge >= 0.3 is 0 Å². The van der Waals surface area contributed by atoms with Crippen molar-refractivity contribution in [2.75, 3.05) is 13.1 Å². The highest BCUT2D eigenvalue weighted by molar-refractivity contribution is 5.69. The molecule has 3 nitrogen and oxygen atoms in total. The fourth-order valence-corrected chi connectivity index (χ4v) is 3.68. The molecule has 3 heterocycles. The quantitative estimate of drug-likeness (QED) is 0.923. The van der Waals surface area contributed by atoms with Gasteiger partial charge in [0.15, 0.2) is 0 Å². The first-order chi connectivity index (χ1) is 10.8. The molecule has 2 bridgehead atoms. The van der Waals surface area contributed by atoms with E-state index in [9.17, 15) is 4.79 Å². The molecule has 3 heteroatoms. The van der Waals surface area contributed by atoms with Crippen molar-refractivity contribution in [1.82, 2.24) is 9.88 Å². The Kier molecular flexibility index (Phi) is 3.43. The second-order valence-electron chi connectivity index (χ2n) is 6.36. The predicted molar refractivity (Wildman–Crippen MR) is 89.8 cm³/mol. The van der Waals surface area contributed by atoms with Crippen molar-refractivity contribution in [1.29, 1.82) is 0 Å². The summed E-state index contributed by atoms with van der Waals surface area (Å²) in [6.07, 6.45) is 5.31. The van der Waals surface area contributed by atoms with Crippen LogP contribution in [-0.4, -0.2) is 17.7 Å². The molecule has 1 fully saturated rings. The lowest BCUT2D eigenvalue weighted by Crippen LogP contribution is -2.44. The Morgan fingerprint density at radius 2 is 1.86 bits per heavy atom. The highest BCUT2D eigenvalue weighted by Crippen LogP contribution is 2.32. The second kappa shape index (κ2) is 5.58. The van der Waals surface area contributed by atoms with Crippen LogP contribution in [0, 0.1) is 5.92 Å². The molecule has 0 amide bonds. The van der Waals surface area contributed by atoms with E-state index in [1.165, 1.54) is 12.1 Å². The topological polar surface area (TPSA) is 34.0 Å². The van der Waals surface area contributed by atoms with Crippen molar-refractivity contribution in [2.24, 2.45) is 5.92 Å². The van der Waals surface area contributed by atoms with Crippen LogP contribution in [0.5, 0.6) is 0 Å². The molecule has 1 aromatic heterocycles. The molecule has 0 spiro atoms. The minimum absolute atomic E-state index is 0.141. The summed E-state index contributed by atoms with van der Waals surface area (Å²) in [5.74, 6) is 1.08. The lowest BCUT2D eigenvalue weighted by Gasteiger charge is -2.37. The van der Waals surface area contributed by atoms with Gasteiger partial charge in [-0.3, -0.25) is 4.79 Å². The van der Waals surface area contributed by atoms with Crippen molar-refractivity contribution in [2.45, 2.75) is 18.9 Å². The summed E-state index contributed by atoms with van der Waals surface area (Å²) in [6, 6.07) is 14.1. The van der Waals surface area contributed by atoms with Gasteiger partial charge in [-0.2, -0.15) is 0 Å². The maximum atomic E-state index is 12.4. The molecule has 2 aromatic rings. The Balaban J connectivity index is 1.69. The van der Waals surface area contributed by atoms with Gasteiger partial charge in [0.25, 0.3) is 5.56 Å². The zero-order valence-corrected chi connectivity index (χ0v) is 12.5. The highest BCUT2D eigenvalue weighted by atomic mass is 16.1. The third-order valence-electron chi connectivity index (χ3n) is 4.75. The third-order valence-corrected chi connectivity index (χ3v) is 4.75. The summed E-state index contributed by atoms with van der Waals surface area (Å²) < 4.78 is 1.99. The van der Waals surface area contributed by atoms with E-state index >= 15 is 0 Å². The van der Waals surface area contributed by atoms with Crippen LogP contribution in [0.4, 0.5) is 0 Å². The van der Waals surface area contributed by atoms with Crippen molar-refractivity contribution < 1.29 is 0 Å². The Morgan fingerprint density at radius 1 is 1.05 bits per heavy atom. The number of piperidine rings is 1. The van der Waals surface area contributed by atoms with E-state index in [4.69, 9.17) is 0 Å². The largest absolute Gasteiger partial charge is 0.316 e. The van der Waals surface area contributed by atoms with Crippen LogP contribution in [0.1, 0.15) is 29.2 Å². The first-order valence-electron chi connectivity index (χ1n) is 7.98. The third kappa shape index (κ3) is 2.53. The van der Waals surface area contributed by atoms with Crippen LogP contribution in [0.15, 0.2) is 47.3 Å². The molecular formula is C19H20N2O. The van der Waals surface area contributed by atoms with Gasteiger partial charge in [0.1, 0.15) is 0 Å².